The largest absolute Gasteiger partial charge is 0.275 e. The Morgan fingerprint density at radius 3 is 2.93 bits per heavy atom. The van der Waals surface area contributed by atoms with Crippen molar-refractivity contribution in [3.8, 4) is 11.8 Å². The predicted molar refractivity (Wildman–Crippen MR) is 60.7 cm³/mol. The van der Waals surface area contributed by atoms with Gasteiger partial charge in [0.1, 0.15) is 0 Å². The fraction of sp³-hybridized carbons (Fsp3) is 0.545. The summed E-state index contributed by atoms with van der Waals surface area (Å²) in [7, 11) is 1.92. The van der Waals surface area contributed by atoms with Crippen LogP contribution in [0.3, 0.4) is 0 Å². The molecule has 4 heteroatoms. The van der Waals surface area contributed by atoms with Gasteiger partial charge in [0.15, 0.2) is 0 Å². The predicted octanol–water partition coefficient (Wildman–Crippen LogP) is 0.900. The molecule has 82 valence electrons. The van der Waals surface area contributed by atoms with Crippen LogP contribution < -0.4 is 11.3 Å². The number of rotatable bonds is 4. The molecule has 0 bridgehead atoms. The van der Waals surface area contributed by atoms with E-state index in [9.17, 15) is 0 Å². The molecule has 0 aliphatic heterocycles. The van der Waals surface area contributed by atoms with Gasteiger partial charge in [-0.05, 0) is 13.3 Å². The monoisotopic (exact) mass is 206 g/mol. The Kier molecular flexibility index (Phi) is 4.35. The van der Waals surface area contributed by atoms with Crippen LogP contribution in [0.15, 0.2) is 6.20 Å². The summed E-state index contributed by atoms with van der Waals surface area (Å²) in [5.41, 5.74) is 5.01. The van der Waals surface area contributed by atoms with E-state index in [1.807, 2.05) is 24.9 Å². The highest BCUT2D eigenvalue weighted by atomic mass is 15.3. The molecule has 4 nitrogen and oxygen atoms in total. The van der Waals surface area contributed by atoms with E-state index in [0.717, 1.165) is 17.7 Å². The number of hydrazine groups is 1. The molecule has 0 saturated carbocycles. The van der Waals surface area contributed by atoms with Gasteiger partial charge in [-0.15, -0.1) is 11.8 Å². The molecular formula is C11H18N4. The van der Waals surface area contributed by atoms with Crippen molar-refractivity contribution in [1.82, 2.24) is 15.2 Å². The van der Waals surface area contributed by atoms with Gasteiger partial charge in [0, 0.05) is 25.2 Å². The van der Waals surface area contributed by atoms with Gasteiger partial charge in [-0.2, -0.15) is 5.10 Å². The van der Waals surface area contributed by atoms with Gasteiger partial charge in [0.25, 0.3) is 0 Å². The number of aromatic nitrogens is 2. The quantitative estimate of drug-likeness (QED) is 0.437. The van der Waals surface area contributed by atoms with E-state index in [0.29, 0.717) is 6.42 Å². The highest BCUT2D eigenvalue weighted by Crippen LogP contribution is 2.19. The van der Waals surface area contributed by atoms with Crippen molar-refractivity contribution < 1.29 is 0 Å². The summed E-state index contributed by atoms with van der Waals surface area (Å²) in [6.07, 6.45) is 3.63. The molecule has 3 N–H and O–H groups in total. The summed E-state index contributed by atoms with van der Waals surface area (Å²) in [6.45, 7) is 3.92. The molecule has 1 unspecified atom stereocenters. The molecule has 1 rings (SSSR count). The lowest BCUT2D eigenvalue weighted by molar-refractivity contribution is 0.563. The standard InChI is InChI=1S/C11H18N4/c1-4-6-7-11(13-12)9-8-15(3)14-10(9)5-2/h8,11,13H,5,7,12H2,1-3H3. The van der Waals surface area contributed by atoms with Gasteiger partial charge in [0.05, 0.1) is 11.7 Å². The minimum Gasteiger partial charge on any atom is -0.275 e. The summed E-state index contributed by atoms with van der Waals surface area (Å²) in [6, 6.07) is 0.0705. The number of hydrogen-bond donors (Lipinski definition) is 2. The molecule has 1 atom stereocenters. The summed E-state index contributed by atoms with van der Waals surface area (Å²) in [4.78, 5) is 0. The molecule has 1 heterocycles. The van der Waals surface area contributed by atoms with Crippen molar-refractivity contribution in [2.45, 2.75) is 32.7 Å². The second-order valence-corrected chi connectivity index (χ2v) is 3.41. The van der Waals surface area contributed by atoms with Crippen molar-refractivity contribution >= 4 is 0 Å². The van der Waals surface area contributed by atoms with E-state index in [1.165, 1.54) is 0 Å². The van der Waals surface area contributed by atoms with Crippen molar-refractivity contribution in [2.24, 2.45) is 12.9 Å². The lowest BCUT2D eigenvalue weighted by Gasteiger charge is -2.12. The summed E-state index contributed by atoms with van der Waals surface area (Å²) in [5.74, 6) is 11.4. The molecule has 1 aromatic rings. The number of nitrogens with two attached hydrogens (primary N) is 1. The Balaban J connectivity index is 2.92. The molecule has 0 spiro atoms. The summed E-state index contributed by atoms with van der Waals surface area (Å²) < 4.78 is 1.82. The van der Waals surface area contributed by atoms with E-state index < -0.39 is 0 Å². The number of hydrogen-bond acceptors (Lipinski definition) is 3. The minimum atomic E-state index is 0.0705. The van der Waals surface area contributed by atoms with Crippen LogP contribution in [0.25, 0.3) is 0 Å². The van der Waals surface area contributed by atoms with Crippen molar-refractivity contribution in [3.05, 3.63) is 17.5 Å². The Hall–Kier alpha value is -1.31. The third kappa shape index (κ3) is 2.82. The first-order valence-electron chi connectivity index (χ1n) is 5.11. The second kappa shape index (κ2) is 5.54. The average Bonchev–Trinajstić information content (AvgIpc) is 2.61. The molecule has 0 aliphatic rings. The first-order valence-corrected chi connectivity index (χ1v) is 5.11. The molecule has 0 aliphatic carbocycles. The number of nitrogens with one attached hydrogen (secondary N) is 1. The third-order valence-corrected chi connectivity index (χ3v) is 2.33. The van der Waals surface area contributed by atoms with Crippen LogP contribution >= 0.6 is 0 Å². The Bertz CT molecular complexity index is 370. The lowest BCUT2D eigenvalue weighted by atomic mass is 10.0. The summed E-state index contributed by atoms with van der Waals surface area (Å²) in [5, 5.41) is 4.38. The molecule has 0 saturated heterocycles. The Labute approximate surface area is 90.8 Å². The maximum atomic E-state index is 5.52. The van der Waals surface area contributed by atoms with Crippen LogP contribution in [0.5, 0.6) is 0 Å². The third-order valence-electron chi connectivity index (χ3n) is 2.33. The SMILES string of the molecule is CC#CCC(NN)c1cn(C)nc1CC. The zero-order valence-corrected chi connectivity index (χ0v) is 9.54. The molecule has 0 fully saturated rings. The molecule has 0 aromatic carbocycles. The number of aryl methyl sites for hydroxylation is 2. The van der Waals surface area contributed by atoms with Crippen LogP contribution in [-0.4, -0.2) is 9.78 Å². The van der Waals surface area contributed by atoms with Crippen LogP contribution in [0.4, 0.5) is 0 Å². The van der Waals surface area contributed by atoms with Gasteiger partial charge < -0.3 is 0 Å². The highest BCUT2D eigenvalue weighted by Gasteiger charge is 2.15. The molecule has 0 radical (unpaired) electrons. The van der Waals surface area contributed by atoms with Gasteiger partial charge in [-0.1, -0.05) is 6.92 Å². The maximum Gasteiger partial charge on any atom is 0.0670 e. The average molecular weight is 206 g/mol. The van der Waals surface area contributed by atoms with Gasteiger partial charge in [-0.25, -0.2) is 0 Å². The maximum absolute atomic E-state index is 5.52. The molecule has 15 heavy (non-hydrogen) atoms. The van der Waals surface area contributed by atoms with E-state index in [4.69, 9.17) is 5.84 Å². The van der Waals surface area contributed by atoms with Crippen LogP contribution in [0, 0.1) is 11.8 Å². The van der Waals surface area contributed by atoms with Crippen LogP contribution in [-0.2, 0) is 13.5 Å². The van der Waals surface area contributed by atoms with Crippen LogP contribution in [0.1, 0.15) is 37.6 Å². The van der Waals surface area contributed by atoms with Gasteiger partial charge in [-0.3, -0.25) is 16.0 Å². The van der Waals surface area contributed by atoms with Crippen molar-refractivity contribution in [1.29, 1.82) is 0 Å². The van der Waals surface area contributed by atoms with E-state index in [1.54, 1.807) is 0 Å². The van der Waals surface area contributed by atoms with Gasteiger partial charge >= 0.3 is 0 Å². The van der Waals surface area contributed by atoms with Gasteiger partial charge in [0.2, 0.25) is 0 Å². The number of nitrogens with zero attached hydrogens (tertiary/aromatic N) is 2. The van der Waals surface area contributed by atoms with Crippen molar-refractivity contribution in [2.75, 3.05) is 0 Å². The molecule has 0 amide bonds. The van der Waals surface area contributed by atoms with E-state index in [2.05, 4.69) is 29.3 Å². The highest BCUT2D eigenvalue weighted by molar-refractivity contribution is 5.23. The van der Waals surface area contributed by atoms with Crippen LogP contribution in [0.2, 0.25) is 0 Å². The summed E-state index contributed by atoms with van der Waals surface area (Å²) >= 11 is 0. The molecular weight excluding hydrogens is 188 g/mol. The fourth-order valence-corrected chi connectivity index (χ4v) is 1.58. The van der Waals surface area contributed by atoms with E-state index >= 15 is 0 Å². The fourth-order valence-electron chi connectivity index (χ4n) is 1.58. The Morgan fingerprint density at radius 2 is 2.40 bits per heavy atom. The minimum absolute atomic E-state index is 0.0705. The zero-order valence-electron chi connectivity index (χ0n) is 9.54. The topological polar surface area (TPSA) is 55.9 Å². The zero-order chi connectivity index (χ0) is 11.3. The first-order chi connectivity index (χ1) is 7.22. The lowest BCUT2D eigenvalue weighted by Crippen LogP contribution is -2.28. The van der Waals surface area contributed by atoms with Crippen molar-refractivity contribution in [3.63, 3.8) is 0 Å². The smallest absolute Gasteiger partial charge is 0.0670 e. The first kappa shape index (κ1) is 11.8. The van der Waals surface area contributed by atoms with E-state index in [-0.39, 0.29) is 6.04 Å². The molecule has 1 aromatic heterocycles. The normalized spacial score (nSPS) is 12.0. The second-order valence-electron chi connectivity index (χ2n) is 3.41. The Morgan fingerprint density at radius 1 is 1.67 bits per heavy atom.